The fraction of sp³-hybridized carbons (Fsp3) is 0.222. The number of hydroxylamine groups is 2. The minimum Gasteiger partial charge on any atom is -0.497 e. The SMILES string of the molecule is COc1ccc(N=C2SC(C)C(=O)N2OCc2ccccc2)cc1. The van der Waals surface area contributed by atoms with Crippen LogP contribution in [0.2, 0.25) is 0 Å². The van der Waals surface area contributed by atoms with E-state index >= 15 is 0 Å². The number of carbonyl (C=O) groups is 1. The molecule has 5 nitrogen and oxygen atoms in total. The highest BCUT2D eigenvalue weighted by Crippen LogP contribution is 2.30. The lowest BCUT2D eigenvalue weighted by atomic mass is 10.2. The largest absolute Gasteiger partial charge is 0.497 e. The summed E-state index contributed by atoms with van der Waals surface area (Å²) in [5.74, 6) is 0.669. The summed E-state index contributed by atoms with van der Waals surface area (Å²) in [5, 5.41) is 1.64. The molecule has 1 unspecified atom stereocenters. The van der Waals surface area contributed by atoms with Gasteiger partial charge in [-0.2, -0.15) is 5.06 Å². The Morgan fingerprint density at radius 3 is 2.50 bits per heavy atom. The number of nitrogens with zero attached hydrogens (tertiary/aromatic N) is 2. The van der Waals surface area contributed by atoms with Crippen molar-refractivity contribution < 1.29 is 14.4 Å². The first-order valence-corrected chi connectivity index (χ1v) is 8.45. The van der Waals surface area contributed by atoms with Gasteiger partial charge < -0.3 is 4.74 Å². The van der Waals surface area contributed by atoms with Gasteiger partial charge in [0.2, 0.25) is 0 Å². The lowest BCUT2D eigenvalue weighted by Gasteiger charge is -2.15. The molecule has 1 atom stereocenters. The van der Waals surface area contributed by atoms with Crippen LogP contribution in [0.15, 0.2) is 59.6 Å². The third-order valence-electron chi connectivity index (χ3n) is 3.50. The van der Waals surface area contributed by atoms with E-state index in [0.717, 1.165) is 17.0 Å². The lowest BCUT2D eigenvalue weighted by Crippen LogP contribution is -2.31. The van der Waals surface area contributed by atoms with Crippen LogP contribution in [0.4, 0.5) is 5.69 Å². The van der Waals surface area contributed by atoms with E-state index in [9.17, 15) is 4.79 Å². The number of rotatable bonds is 5. The molecule has 0 aliphatic carbocycles. The molecular weight excluding hydrogens is 324 g/mol. The van der Waals surface area contributed by atoms with Gasteiger partial charge in [-0.15, -0.1) is 0 Å². The predicted molar refractivity (Wildman–Crippen MR) is 95.2 cm³/mol. The van der Waals surface area contributed by atoms with Gasteiger partial charge in [0.15, 0.2) is 5.17 Å². The summed E-state index contributed by atoms with van der Waals surface area (Å²) in [7, 11) is 1.62. The Morgan fingerprint density at radius 1 is 1.12 bits per heavy atom. The van der Waals surface area contributed by atoms with Gasteiger partial charge >= 0.3 is 0 Å². The molecule has 0 radical (unpaired) electrons. The quantitative estimate of drug-likeness (QED) is 0.830. The molecule has 0 saturated carbocycles. The maximum Gasteiger partial charge on any atom is 0.266 e. The van der Waals surface area contributed by atoms with E-state index in [4.69, 9.17) is 9.57 Å². The monoisotopic (exact) mass is 342 g/mol. The topological polar surface area (TPSA) is 51.1 Å². The summed E-state index contributed by atoms with van der Waals surface area (Å²) in [6, 6.07) is 17.1. The van der Waals surface area contributed by atoms with Crippen molar-refractivity contribution in [1.29, 1.82) is 0 Å². The predicted octanol–water partition coefficient (Wildman–Crippen LogP) is 3.78. The van der Waals surface area contributed by atoms with Gasteiger partial charge in [0.05, 0.1) is 18.0 Å². The summed E-state index contributed by atoms with van der Waals surface area (Å²) in [6.07, 6.45) is 0. The molecule has 6 heteroatoms. The van der Waals surface area contributed by atoms with E-state index in [-0.39, 0.29) is 11.2 Å². The van der Waals surface area contributed by atoms with Crippen molar-refractivity contribution in [1.82, 2.24) is 5.06 Å². The second-order valence-electron chi connectivity index (χ2n) is 5.24. The molecule has 124 valence electrons. The minimum atomic E-state index is -0.210. The number of amidine groups is 1. The summed E-state index contributed by atoms with van der Waals surface area (Å²) >= 11 is 1.39. The third-order valence-corrected chi connectivity index (χ3v) is 4.53. The van der Waals surface area contributed by atoms with Crippen molar-refractivity contribution in [2.75, 3.05) is 7.11 Å². The first-order chi connectivity index (χ1) is 11.7. The fourth-order valence-electron chi connectivity index (χ4n) is 2.19. The highest BCUT2D eigenvalue weighted by Gasteiger charge is 2.36. The standard InChI is InChI=1S/C18H18N2O3S/c1-13-17(21)20(23-12-14-6-4-3-5-7-14)18(24-13)19-15-8-10-16(22-2)11-9-15/h3-11,13H,12H2,1-2H3. The molecule has 0 aromatic heterocycles. The minimum absolute atomic E-state index is 0.0943. The Balaban J connectivity index is 1.76. The second kappa shape index (κ2) is 7.51. The molecule has 2 aromatic carbocycles. The molecule has 0 bridgehead atoms. The van der Waals surface area contributed by atoms with Crippen LogP contribution in [-0.2, 0) is 16.2 Å². The third kappa shape index (κ3) is 3.77. The van der Waals surface area contributed by atoms with Gasteiger partial charge in [-0.05, 0) is 36.8 Å². The molecular formula is C18H18N2O3S. The molecule has 1 amide bonds. The van der Waals surface area contributed by atoms with E-state index in [2.05, 4.69) is 4.99 Å². The summed E-state index contributed by atoms with van der Waals surface area (Å²) in [4.78, 5) is 22.5. The van der Waals surface area contributed by atoms with Crippen molar-refractivity contribution in [3.8, 4) is 5.75 Å². The van der Waals surface area contributed by atoms with Crippen LogP contribution in [0.25, 0.3) is 0 Å². The molecule has 1 heterocycles. The highest BCUT2D eigenvalue weighted by atomic mass is 32.2. The van der Waals surface area contributed by atoms with Crippen molar-refractivity contribution in [2.45, 2.75) is 18.8 Å². The zero-order valence-electron chi connectivity index (χ0n) is 13.5. The van der Waals surface area contributed by atoms with Gasteiger partial charge in [0.25, 0.3) is 5.91 Å². The van der Waals surface area contributed by atoms with Crippen molar-refractivity contribution >= 4 is 28.5 Å². The van der Waals surface area contributed by atoms with Crippen molar-refractivity contribution in [2.24, 2.45) is 4.99 Å². The van der Waals surface area contributed by atoms with Gasteiger partial charge in [0.1, 0.15) is 12.4 Å². The average Bonchev–Trinajstić information content (AvgIpc) is 2.88. The smallest absolute Gasteiger partial charge is 0.266 e. The van der Waals surface area contributed by atoms with Crippen LogP contribution in [-0.4, -0.2) is 28.5 Å². The first-order valence-electron chi connectivity index (χ1n) is 7.57. The average molecular weight is 342 g/mol. The molecule has 1 saturated heterocycles. The van der Waals surface area contributed by atoms with E-state index < -0.39 is 0 Å². The van der Waals surface area contributed by atoms with Crippen LogP contribution in [0.1, 0.15) is 12.5 Å². The molecule has 1 fully saturated rings. The number of carbonyl (C=O) groups excluding carboxylic acids is 1. The fourth-order valence-corrected chi connectivity index (χ4v) is 3.10. The molecule has 2 aromatic rings. The normalized spacial score (nSPS) is 19.1. The molecule has 0 N–H and O–H groups in total. The second-order valence-corrected chi connectivity index (χ2v) is 6.55. The van der Waals surface area contributed by atoms with Crippen LogP contribution < -0.4 is 4.74 Å². The number of ether oxygens (including phenoxy) is 1. The molecule has 24 heavy (non-hydrogen) atoms. The number of thioether (sulfide) groups is 1. The number of aliphatic imine (C=N–C) groups is 1. The van der Waals surface area contributed by atoms with Crippen LogP contribution in [0.3, 0.4) is 0 Å². The van der Waals surface area contributed by atoms with Crippen molar-refractivity contribution in [3.05, 3.63) is 60.2 Å². The van der Waals surface area contributed by atoms with Crippen LogP contribution in [0, 0.1) is 0 Å². The number of methoxy groups -OCH3 is 1. The van der Waals surface area contributed by atoms with E-state index in [1.54, 1.807) is 7.11 Å². The Hall–Kier alpha value is -2.31. The maximum absolute atomic E-state index is 12.3. The number of hydrogen-bond donors (Lipinski definition) is 0. The van der Waals surface area contributed by atoms with Crippen molar-refractivity contribution in [3.63, 3.8) is 0 Å². The Kier molecular flexibility index (Phi) is 5.17. The molecule has 3 rings (SSSR count). The molecule has 1 aliphatic heterocycles. The Labute approximate surface area is 145 Å². The number of benzene rings is 2. The zero-order valence-corrected chi connectivity index (χ0v) is 14.3. The number of amides is 1. The summed E-state index contributed by atoms with van der Waals surface area (Å²) < 4.78 is 5.14. The van der Waals surface area contributed by atoms with Gasteiger partial charge in [0, 0.05) is 0 Å². The highest BCUT2D eigenvalue weighted by molar-refractivity contribution is 8.15. The van der Waals surface area contributed by atoms with E-state index in [1.807, 2.05) is 61.5 Å². The van der Waals surface area contributed by atoms with Crippen LogP contribution in [0.5, 0.6) is 5.75 Å². The lowest BCUT2D eigenvalue weighted by molar-refractivity contribution is -0.163. The maximum atomic E-state index is 12.3. The number of hydrogen-bond acceptors (Lipinski definition) is 5. The zero-order chi connectivity index (χ0) is 16.9. The molecule has 1 aliphatic rings. The van der Waals surface area contributed by atoms with Gasteiger partial charge in [-0.25, -0.2) is 4.99 Å². The Bertz CT molecular complexity index is 732. The van der Waals surface area contributed by atoms with Gasteiger partial charge in [-0.3, -0.25) is 9.63 Å². The van der Waals surface area contributed by atoms with E-state index in [1.165, 1.54) is 16.8 Å². The summed E-state index contributed by atoms with van der Waals surface area (Å²) in [5.41, 5.74) is 1.74. The first kappa shape index (κ1) is 16.5. The molecule has 0 spiro atoms. The van der Waals surface area contributed by atoms with Crippen LogP contribution >= 0.6 is 11.8 Å². The van der Waals surface area contributed by atoms with Gasteiger partial charge in [-0.1, -0.05) is 42.1 Å². The summed E-state index contributed by atoms with van der Waals surface area (Å²) in [6.45, 7) is 2.17. The van der Waals surface area contributed by atoms with E-state index in [0.29, 0.717) is 11.8 Å². The Morgan fingerprint density at radius 2 is 1.83 bits per heavy atom.